The second-order valence-corrected chi connectivity index (χ2v) is 13.1. The third kappa shape index (κ3) is 8.43. The molecule has 4 aromatic rings. The Hall–Kier alpha value is -4.94. The van der Waals surface area contributed by atoms with Crippen LogP contribution in [0.4, 0.5) is 11.4 Å². The number of anilines is 2. The maximum atomic E-state index is 14.1. The fourth-order valence-electron chi connectivity index (χ4n) is 6.32. The molecule has 2 N–H and O–H groups in total. The van der Waals surface area contributed by atoms with E-state index in [1.165, 1.54) is 12.0 Å². The molecule has 12 heteroatoms. The number of nitrogens with zero attached hydrogens (tertiary/aromatic N) is 5. The number of imidazole rings is 1. The van der Waals surface area contributed by atoms with Crippen LogP contribution in [0.15, 0.2) is 48.5 Å². The van der Waals surface area contributed by atoms with Crippen LogP contribution in [0.1, 0.15) is 47.4 Å². The van der Waals surface area contributed by atoms with Gasteiger partial charge in [-0.1, -0.05) is 18.2 Å². The van der Waals surface area contributed by atoms with Gasteiger partial charge in [-0.2, -0.15) is 0 Å². The number of carbonyl (C=O) groups is 3. The average Bonchev–Trinajstić information content (AvgIpc) is 3.51. The van der Waals surface area contributed by atoms with E-state index in [0.717, 1.165) is 73.4 Å². The van der Waals surface area contributed by atoms with Crippen molar-refractivity contribution in [2.75, 3.05) is 78.3 Å². The molecule has 1 aromatic heterocycles. The second-order valence-electron chi connectivity index (χ2n) is 13.1. The molecule has 0 bridgehead atoms. The van der Waals surface area contributed by atoms with E-state index in [9.17, 15) is 14.4 Å². The van der Waals surface area contributed by atoms with Gasteiger partial charge in [0.1, 0.15) is 11.6 Å². The van der Waals surface area contributed by atoms with Crippen molar-refractivity contribution in [3.05, 3.63) is 65.5 Å². The Labute approximate surface area is 294 Å². The standard InChI is InChI=1S/C38H49N7O5/c1-26-14-17-31(32(23-26)50-22-9-7-8-13-34(47)45-20-18-43(4)19-21-45)44(5)38(48)29-16-15-28(37(49-6)36(29)39-25-46)27-11-10-12-30-35(27)41-33(40-30)24-42(2)3/h10-12,14-17,23,25H,7-9,13,18-22,24H2,1-6H3,(H,39,46)(H,40,41). The number of benzene rings is 3. The van der Waals surface area contributed by atoms with Gasteiger partial charge in [0, 0.05) is 50.8 Å². The van der Waals surface area contributed by atoms with Crippen LogP contribution in [0.25, 0.3) is 22.2 Å². The van der Waals surface area contributed by atoms with Crippen molar-refractivity contribution < 1.29 is 23.9 Å². The maximum absolute atomic E-state index is 14.1. The van der Waals surface area contributed by atoms with E-state index in [-0.39, 0.29) is 23.1 Å². The molecule has 1 fully saturated rings. The van der Waals surface area contributed by atoms with Gasteiger partial charge in [-0.3, -0.25) is 14.4 Å². The van der Waals surface area contributed by atoms with E-state index in [1.807, 2.05) is 73.3 Å². The number of likely N-dealkylation sites (N-methyl/N-ethyl adjacent to an activating group) is 1. The lowest BCUT2D eigenvalue weighted by molar-refractivity contribution is -0.132. The number of aryl methyl sites for hydroxylation is 1. The summed E-state index contributed by atoms with van der Waals surface area (Å²) >= 11 is 0. The number of unbranched alkanes of at least 4 members (excludes halogenated alkanes) is 2. The minimum absolute atomic E-state index is 0.223. The normalized spacial score (nSPS) is 13.5. The summed E-state index contributed by atoms with van der Waals surface area (Å²) in [6.07, 6.45) is 3.55. The van der Waals surface area contributed by atoms with Gasteiger partial charge in [0.05, 0.1) is 48.2 Å². The minimum atomic E-state index is -0.346. The molecule has 3 amide bonds. The Morgan fingerprint density at radius 2 is 1.78 bits per heavy atom. The number of ether oxygens (including phenoxy) is 2. The highest BCUT2D eigenvalue weighted by molar-refractivity contribution is 6.13. The Kier molecular flexibility index (Phi) is 12.1. The molecule has 1 aliphatic rings. The first-order chi connectivity index (χ1) is 24.1. The molecule has 12 nitrogen and oxygen atoms in total. The number of hydrogen-bond acceptors (Lipinski definition) is 8. The first kappa shape index (κ1) is 36.3. The summed E-state index contributed by atoms with van der Waals surface area (Å²) < 4.78 is 12.1. The van der Waals surface area contributed by atoms with E-state index in [1.54, 1.807) is 13.1 Å². The number of carbonyl (C=O) groups excluding carboxylic acids is 3. The molecule has 0 aliphatic carbocycles. The molecule has 3 aromatic carbocycles. The zero-order valence-corrected chi connectivity index (χ0v) is 30.0. The third-order valence-electron chi connectivity index (χ3n) is 9.04. The Morgan fingerprint density at radius 1 is 1.00 bits per heavy atom. The predicted molar refractivity (Wildman–Crippen MR) is 197 cm³/mol. The number of amides is 3. The van der Waals surface area contributed by atoms with E-state index in [0.29, 0.717) is 48.7 Å². The largest absolute Gasteiger partial charge is 0.494 e. The van der Waals surface area contributed by atoms with Crippen molar-refractivity contribution in [3.8, 4) is 22.6 Å². The number of hydrogen-bond donors (Lipinski definition) is 2. The van der Waals surface area contributed by atoms with Crippen LogP contribution in [-0.2, 0) is 16.1 Å². The van der Waals surface area contributed by atoms with E-state index in [2.05, 4.69) is 22.2 Å². The Bertz CT molecular complexity index is 1810. The van der Waals surface area contributed by atoms with Crippen LogP contribution in [0.5, 0.6) is 11.5 Å². The number of nitrogens with one attached hydrogen (secondary N) is 2. The van der Waals surface area contributed by atoms with Gasteiger partial charge in [0.15, 0.2) is 5.75 Å². The molecule has 0 atom stereocenters. The monoisotopic (exact) mass is 683 g/mol. The lowest BCUT2D eigenvalue weighted by Gasteiger charge is -2.32. The lowest BCUT2D eigenvalue weighted by Crippen LogP contribution is -2.47. The van der Waals surface area contributed by atoms with Gasteiger partial charge in [0.2, 0.25) is 12.3 Å². The van der Waals surface area contributed by atoms with Gasteiger partial charge < -0.3 is 39.4 Å². The fraction of sp³-hybridized carbons (Fsp3) is 0.421. The summed E-state index contributed by atoms with van der Waals surface area (Å²) in [5, 5.41) is 2.73. The van der Waals surface area contributed by atoms with E-state index >= 15 is 0 Å². The quantitative estimate of drug-likeness (QED) is 0.130. The smallest absolute Gasteiger partial charge is 0.260 e. The molecule has 266 valence electrons. The molecular weight excluding hydrogens is 634 g/mol. The number of rotatable bonds is 15. The Morgan fingerprint density at radius 3 is 2.50 bits per heavy atom. The average molecular weight is 684 g/mol. The number of H-pyrrole nitrogens is 1. The minimum Gasteiger partial charge on any atom is -0.494 e. The van der Waals surface area contributed by atoms with Crippen molar-refractivity contribution in [1.29, 1.82) is 0 Å². The van der Waals surface area contributed by atoms with Crippen LogP contribution in [-0.4, -0.2) is 111 Å². The molecule has 1 aliphatic heterocycles. The number of para-hydroxylation sites is 1. The highest BCUT2D eigenvalue weighted by Gasteiger charge is 2.26. The first-order valence-electron chi connectivity index (χ1n) is 17.1. The lowest BCUT2D eigenvalue weighted by atomic mass is 9.98. The molecule has 50 heavy (non-hydrogen) atoms. The molecular formula is C38H49N7O5. The van der Waals surface area contributed by atoms with Crippen molar-refractivity contribution >= 4 is 40.6 Å². The molecule has 0 unspecified atom stereocenters. The maximum Gasteiger partial charge on any atom is 0.260 e. The van der Waals surface area contributed by atoms with Gasteiger partial charge in [-0.25, -0.2) is 4.98 Å². The van der Waals surface area contributed by atoms with Crippen LogP contribution < -0.4 is 19.7 Å². The van der Waals surface area contributed by atoms with Crippen LogP contribution in [0, 0.1) is 6.92 Å². The SMILES string of the molecule is COc1c(-c2cccc3[nH]c(CN(C)C)nc23)ccc(C(=O)N(C)c2ccc(C)cc2OCCCCCC(=O)N2CCN(C)CC2)c1NC=O. The summed E-state index contributed by atoms with van der Waals surface area (Å²) in [4.78, 5) is 54.6. The number of methoxy groups -OCH3 is 1. The third-order valence-corrected chi connectivity index (χ3v) is 9.04. The predicted octanol–water partition coefficient (Wildman–Crippen LogP) is 5.17. The summed E-state index contributed by atoms with van der Waals surface area (Å²) in [6.45, 7) is 6.51. The van der Waals surface area contributed by atoms with E-state index in [4.69, 9.17) is 14.5 Å². The van der Waals surface area contributed by atoms with Crippen LogP contribution in [0.2, 0.25) is 0 Å². The Balaban J connectivity index is 1.32. The van der Waals surface area contributed by atoms with Crippen molar-refractivity contribution in [2.24, 2.45) is 0 Å². The summed E-state index contributed by atoms with van der Waals surface area (Å²) in [5.41, 5.74) is 5.25. The van der Waals surface area contributed by atoms with Gasteiger partial charge in [-0.05, 0) is 83.2 Å². The zero-order chi connectivity index (χ0) is 35.8. The molecule has 5 rings (SSSR count). The molecule has 0 saturated carbocycles. The molecule has 0 radical (unpaired) electrons. The van der Waals surface area contributed by atoms with Gasteiger partial charge in [0.25, 0.3) is 5.91 Å². The van der Waals surface area contributed by atoms with Crippen LogP contribution >= 0.6 is 0 Å². The highest BCUT2D eigenvalue weighted by Crippen LogP contribution is 2.42. The molecule has 1 saturated heterocycles. The summed E-state index contributed by atoms with van der Waals surface area (Å²) in [5.74, 6) is 1.64. The van der Waals surface area contributed by atoms with Gasteiger partial charge >= 0.3 is 0 Å². The van der Waals surface area contributed by atoms with Crippen LogP contribution in [0.3, 0.4) is 0 Å². The summed E-state index contributed by atoms with van der Waals surface area (Å²) in [6, 6.07) is 15.1. The van der Waals surface area contributed by atoms with Gasteiger partial charge in [-0.15, -0.1) is 0 Å². The topological polar surface area (TPSA) is 123 Å². The molecule has 2 heterocycles. The van der Waals surface area contributed by atoms with Crippen molar-refractivity contribution in [3.63, 3.8) is 0 Å². The second kappa shape index (κ2) is 16.6. The van der Waals surface area contributed by atoms with Crippen molar-refractivity contribution in [2.45, 2.75) is 39.2 Å². The van der Waals surface area contributed by atoms with E-state index < -0.39 is 0 Å². The number of aromatic nitrogens is 2. The number of piperazine rings is 1. The first-order valence-corrected chi connectivity index (χ1v) is 17.1. The van der Waals surface area contributed by atoms with Crippen molar-refractivity contribution in [1.82, 2.24) is 24.7 Å². The highest BCUT2D eigenvalue weighted by atomic mass is 16.5. The number of aromatic amines is 1. The number of fused-ring (bicyclic) bond motifs is 1. The summed E-state index contributed by atoms with van der Waals surface area (Å²) in [7, 11) is 9.25. The zero-order valence-electron chi connectivity index (χ0n) is 30.0. The fourth-order valence-corrected chi connectivity index (χ4v) is 6.32. The molecule has 0 spiro atoms.